The largest absolute Gasteiger partial charge is 0.338 e. The van der Waals surface area contributed by atoms with Crippen LogP contribution in [0.3, 0.4) is 0 Å². The van der Waals surface area contributed by atoms with Gasteiger partial charge in [0.15, 0.2) is 0 Å². The average Bonchev–Trinajstić information content (AvgIpc) is 2.76. The van der Waals surface area contributed by atoms with E-state index in [-0.39, 0.29) is 17.9 Å². The Bertz CT molecular complexity index is 727. The number of hydrogen-bond donors (Lipinski definition) is 0. The Morgan fingerprint density at radius 3 is 1.64 bits per heavy atom. The van der Waals surface area contributed by atoms with E-state index >= 15 is 0 Å². The molecule has 1 aliphatic heterocycles. The molecule has 5 nitrogen and oxygen atoms in total. The first-order valence-corrected chi connectivity index (χ1v) is 10.1. The van der Waals surface area contributed by atoms with Crippen molar-refractivity contribution in [3.8, 4) is 0 Å². The fraction of sp³-hybridized carbons (Fsp3) is 0.391. The summed E-state index contributed by atoms with van der Waals surface area (Å²) in [5.74, 6) is -0.209. The maximum absolute atomic E-state index is 13.4. The molecule has 0 aliphatic carbocycles. The first-order chi connectivity index (χ1) is 13.7. The number of rotatable bonds is 5. The summed E-state index contributed by atoms with van der Waals surface area (Å²) in [5, 5.41) is 0. The lowest BCUT2D eigenvalue weighted by molar-refractivity contribution is -0.133. The highest BCUT2D eigenvalue weighted by molar-refractivity contribution is 5.87. The topological polar surface area (TPSA) is 43.9 Å². The second kappa shape index (κ2) is 9.40. The molecular weight excluding hydrogens is 350 g/mol. The molecule has 2 aromatic carbocycles. The lowest BCUT2D eigenvalue weighted by atomic mass is 9.90. The summed E-state index contributed by atoms with van der Waals surface area (Å²) in [6.45, 7) is 7.70. The molecule has 1 fully saturated rings. The predicted octanol–water partition coefficient (Wildman–Crippen LogP) is 3.42. The van der Waals surface area contributed by atoms with Crippen LogP contribution in [0.5, 0.6) is 0 Å². The summed E-state index contributed by atoms with van der Waals surface area (Å²) < 4.78 is 0. The van der Waals surface area contributed by atoms with Crippen molar-refractivity contribution in [2.24, 2.45) is 0 Å². The number of carbonyl (C=O) groups excluding carboxylic acids is 2. The van der Waals surface area contributed by atoms with Gasteiger partial charge < -0.3 is 14.7 Å². The van der Waals surface area contributed by atoms with Gasteiger partial charge in [0.25, 0.3) is 0 Å². The molecule has 0 atom stereocenters. The van der Waals surface area contributed by atoms with Crippen LogP contribution in [0.4, 0.5) is 4.79 Å². The van der Waals surface area contributed by atoms with Gasteiger partial charge in [-0.3, -0.25) is 4.79 Å². The molecule has 0 spiro atoms. The van der Waals surface area contributed by atoms with Gasteiger partial charge >= 0.3 is 6.03 Å². The molecule has 0 N–H and O–H groups in total. The van der Waals surface area contributed by atoms with E-state index in [1.54, 1.807) is 0 Å². The Morgan fingerprint density at radius 2 is 1.21 bits per heavy atom. The van der Waals surface area contributed by atoms with Crippen LogP contribution in [0, 0.1) is 0 Å². The molecule has 0 aromatic heterocycles. The van der Waals surface area contributed by atoms with Gasteiger partial charge in [0.1, 0.15) is 0 Å². The van der Waals surface area contributed by atoms with Gasteiger partial charge in [-0.05, 0) is 25.0 Å². The van der Waals surface area contributed by atoms with Gasteiger partial charge in [0, 0.05) is 39.3 Å². The van der Waals surface area contributed by atoms with E-state index in [2.05, 4.69) is 0 Å². The van der Waals surface area contributed by atoms with Crippen LogP contribution < -0.4 is 0 Å². The third-order valence-electron chi connectivity index (χ3n) is 5.41. The monoisotopic (exact) mass is 379 g/mol. The molecule has 0 saturated carbocycles. The van der Waals surface area contributed by atoms with Gasteiger partial charge in [0.2, 0.25) is 5.91 Å². The molecule has 3 rings (SSSR count). The number of carbonyl (C=O) groups is 2. The molecule has 2 aromatic rings. The summed E-state index contributed by atoms with van der Waals surface area (Å²) in [6, 6.07) is 19.9. The first-order valence-electron chi connectivity index (χ1n) is 10.1. The van der Waals surface area contributed by atoms with Crippen molar-refractivity contribution in [1.29, 1.82) is 0 Å². The summed E-state index contributed by atoms with van der Waals surface area (Å²) in [5.41, 5.74) is 2.00. The zero-order chi connectivity index (χ0) is 19.9. The molecule has 0 unspecified atom stereocenters. The molecule has 1 heterocycles. The summed E-state index contributed by atoms with van der Waals surface area (Å²) in [4.78, 5) is 31.6. The molecule has 28 heavy (non-hydrogen) atoms. The Labute approximate surface area is 167 Å². The lowest BCUT2D eigenvalue weighted by Crippen LogP contribution is -2.54. The van der Waals surface area contributed by atoms with E-state index < -0.39 is 0 Å². The molecule has 5 heteroatoms. The standard InChI is InChI=1S/C23H29N3O2/c1-3-24(4-2)23(28)26-17-15-25(16-18-26)22(27)21(19-11-7-5-8-12-19)20-13-9-6-10-14-20/h5-14,21H,3-4,15-18H2,1-2H3. The number of piperazine rings is 1. The Kier molecular flexibility index (Phi) is 6.69. The van der Waals surface area contributed by atoms with Crippen LogP contribution in [0.25, 0.3) is 0 Å². The van der Waals surface area contributed by atoms with E-state index in [4.69, 9.17) is 0 Å². The minimum absolute atomic E-state index is 0.0692. The van der Waals surface area contributed by atoms with Crippen LogP contribution in [0.15, 0.2) is 60.7 Å². The molecule has 1 aliphatic rings. The van der Waals surface area contributed by atoms with E-state index in [1.165, 1.54) is 0 Å². The van der Waals surface area contributed by atoms with E-state index in [0.29, 0.717) is 39.3 Å². The van der Waals surface area contributed by atoms with Crippen LogP contribution in [0.1, 0.15) is 30.9 Å². The maximum Gasteiger partial charge on any atom is 0.320 e. The lowest BCUT2D eigenvalue weighted by Gasteiger charge is -2.38. The van der Waals surface area contributed by atoms with Gasteiger partial charge in [-0.25, -0.2) is 4.79 Å². The third kappa shape index (κ3) is 4.35. The SMILES string of the molecule is CCN(CC)C(=O)N1CCN(C(=O)C(c2ccccc2)c2ccccc2)CC1. The molecule has 148 valence electrons. The van der Waals surface area contributed by atoms with Crippen molar-refractivity contribution in [2.45, 2.75) is 19.8 Å². The van der Waals surface area contributed by atoms with Crippen LogP contribution in [-0.4, -0.2) is 65.9 Å². The van der Waals surface area contributed by atoms with Crippen molar-refractivity contribution in [3.63, 3.8) is 0 Å². The summed E-state index contributed by atoms with van der Waals surface area (Å²) in [6.07, 6.45) is 0. The number of amides is 3. The highest BCUT2D eigenvalue weighted by Gasteiger charge is 2.31. The van der Waals surface area contributed by atoms with Crippen molar-refractivity contribution >= 4 is 11.9 Å². The van der Waals surface area contributed by atoms with Gasteiger partial charge in [0.05, 0.1) is 5.92 Å². The Balaban J connectivity index is 1.74. The first kappa shape index (κ1) is 19.9. The van der Waals surface area contributed by atoms with Crippen LogP contribution >= 0.6 is 0 Å². The maximum atomic E-state index is 13.4. The minimum atomic E-state index is -0.313. The predicted molar refractivity (Wildman–Crippen MR) is 111 cm³/mol. The zero-order valence-corrected chi connectivity index (χ0v) is 16.8. The van der Waals surface area contributed by atoms with E-state index in [1.807, 2.05) is 89.2 Å². The highest BCUT2D eigenvalue weighted by atomic mass is 16.2. The van der Waals surface area contributed by atoms with E-state index in [0.717, 1.165) is 11.1 Å². The number of nitrogens with zero attached hydrogens (tertiary/aromatic N) is 3. The highest BCUT2D eigenvalue weighted by Crippen LogP contribution is 2.27. The molecule has 0 bridgehead atoms. The normalized spacial score (nSPS) is 14.2. The van der Waals surface area contributed by atoms with Gasteiger partial charge in [-0.15, -0.1) is 0 Å². The fourth-order valence-corrected chi connectivity index (χ4v) is 3.76. The summed E-state index contributed by atoms with van der Waals surface area (Å²) >= 11 is 0. The minimum Gasteiger partial charge on any atom is -0.338 e. The second-order valence-electron chi connectivity index (χ2n) is 7.02. The number of benzene rings is 2. The summed E-state index contributed by atoms with van der Waals surface area (Å²) in [7, 11) is 0. The average molecular weight is 380 g/mol. The van der Waals surface area contributed by atoms with Crippen molar-refractivity contribution < 1.29 is 9.59 Å². The number of urea groups is 1. The smallest absolute Gasteiger partial charge is 0.320 e. The Morgan fingerprint density at radius 1 is 0.786 bits per heavy atom. The molecule has 3 amide bonds. The molecular formula is C23H29N3O2. The third-order valence-corrected chi connectivity index (χ3v) is 5.41. The molecule has 1 saturated heterocycles. The fourth-order valence-electron chi connectivity index (χ4n) is 3.76. The van der Waals surface area contributed by atoms with Gasteiger partial charge in [-0.2, -0.15) is 0 Å². The van der Waals surface area contributed by atoms with Crippen molar-refractivity contribution in [2.75, 3.05) is 39.3 Å². The van der Waals surface area contributed by atoms with Crippen LogP contribution in [-0.2, 0) is 4.79 Å². The number of hydrogen-bond acceptors (Lipinski definition) is 2. The van der Waals surface area contributed by atoms with E-state index in [9.17, 15) is 9.59 Å². The second-order valence-corrected chi connectivity index (χ2v) is 7.02. The van der Waals surface area contributed by atoms with Crippen LogP contribution in [0.2, 0.25) is 0 Å². The molecule has 0 radical (unpaired) electrons. The van der Waals surface area contributed by atoms with Gasteiger partial charge in [-0.1, -0.05) is 60.7 Å². The quantitative estimate of drug-likeness (QED) is 0.799. The van der Waals surface area contributed by atoms with Crippen molar-refractivity contribution in [3.05, 3.63) is 71.8 Å². The zero-order valence-electron chi connectivity index (χ0n) is 16.8. The Hall–Kier alpha value is -2.82. The van der Waals surface area contributed by atoms with Crippen molar-refractivity contribution in [1.82, 2.24) is 14.7 Å².